The summed E-state index contributed by atoms with van der Waals surface area (Å²) in [7, 11) is 0. The van der Waals surface area contributed by atoms with E-state index in [4.69, 9.17) is 9.47 Å². The van der Waals surface area contributed by atoms with Gasteiger partial charge in [-0.05, 0) is 36.1 Å². The van der Waals surface area contributed by atoms with Gasteiger partial charge >= 0.3 is 12.1 Å². The fourth-order valence-corrected chi connectivity index (χ4v) is 3.30. The Morgan fingerprint density at radius 2 is 1.83 bits per heavy atom. The Morgan fingerprint density at radius 1 is 1.06 bits per heavy atom. The summed E-state index contributed by atoms with van der Waals surface area (Å²) in [4.78, 5) is 39.8. The van der Waals surface area contributed by atoms with E-state index in [1.165, 1.54) is 0 Å². The van der Waals surface area contributed by atoms with Crippen molar-refractivity contribution in [1.29, 1.82) is 0 Å². The van der Waals surface area contributed by atoms with Gasteiger partial charge in [0.2, 0.25) is 5.91 Å². The third-order valence-corrected chi connectivity index (χ3v) is 5.14. The number of nitrogens with zero attached hydrogens (tertiary/aromatic N) is 1. The molecule has 0 spiro atoms. The maximum atomic E-state index is 12.0. The molecule has 0 unspecified atom stereocenters. The fraction of sp³-hybridized carbons (Fsp3) is 0.360. The van der Waals surface area contributed by atoms with Crippen molar-refractivity contribution in [2.45, 2.75) is 38.3 Å². The van der Waals surface area contributed by atoms with Crippen molar-refractivity contribution in [2.24, 2.45) is 4.99 Å². The lowest BCUT2D eigenvalue weighted by Crippen LogP contribution is -2.43. The number of hydrogen-bond donors (Lipinski definition) is 4. The van der Waals surface area contributed by atoms with Gasteiger partial charge in [0, 0.05) is 25.9 Å². The van der Waals surface area contributed by atoms with Crippen LogP contribution in [-0.2, 0) is 27.4 Å². The summed E-state index contributed by atoms with van der Waals surface area (Å²) in [6, 6.07) is 14.9. The van der Waals surface area contributed by atoms with Crippen LogP contribution in [0.2, 0.25) is 0 Å². The standard InChI is InChI=1S/C25H30N4O6/c30-22(29-24-26-13-5-14-27-24)8-4-15-34-20-11-9-18(10-12-20)16-21(23(31)32)28-25(33)35-17-19-6-2-1-3-7-19/h1-3,6-7,9-12,21H,4-5,8,13-17H2,(H,28,33)(H,31,32)(H2,26,27,29,30)/t21-/m0/s1. The zero-order chi connectivity index (χ0) is 24.9. The lowest BCUT2D eigenvalue weighted by atomic mass is 10.1. The molecule has 0 aromatic heterocycles. The summed E-state index contributed by atoms with van der Waals surface area (Å²) in [6.07, 6.45) is 1.10. The van der Waals surface area contributed by atoms with E-state index in [9.17, 15) is 19.5 Å². The molecule has 0 radical (unpaired) electrons. The molecular formula is C25H30N4O6. The van der Waals surface area contributed by atoms with E-state index >= 15 is 0 Å². The van der Waals surface area contributed by atoms with Gasteiger partial charge in [-0.25, -0.2) is 9.59 Å². The van der Waals surface area contributed by atoms with Crippen LogP contribution in [0.1, 0.15) is 30.4 Å². The first-order valence-corrected chi connectivity index (χ1v) is 11.5. The minimum absolute atomic E-state index is 0.0539. The van der Waals surface area contributed by atoms with Crippen LogP contribution in [0.25, 0.3) is 0 Å². The topological polar surface area (TPSA) is 138 Å². The largest absolute Gasteiger partial charge is 0.494 e. The Morgan fingerprint density at radius 3 is 2.51 bits per heavy atom. The fourth-order valence-electron chi connectivity index (χ4n) is 3.30. The molecular weight excluding hydrogens is 452 g/mol. The van der Waals surface area contributed by atoms with Crippen LogP contribution in [0.4, 0.5) is 4.79 Å². The van der Waals surface area contributed by atoms with Crippen molar-refractivity contribution in [3.8, 4) is 5.75 Å². The number of ether oxygens (including phenoxy) is 2. The molecule has 2 amide bonds. The lowest BCUT2D eigenvalue weighted by molar-refractivity contribution is -0.139. The van der Waals surface area contributed by atoms with Crippen LogP contribution in [0, 0.1) is 0 Å². The maximum Gasteiger partial charge on any atom is 0.408 e. The molecule has 0 saturated heterocycles. The third kappa shape index (κ3) is 9.36. The first kappa shape index (κ1) is 25.5. The van der Waals surface area contributed by atoms with E-state index in [1.54, 1.807) is 24.3 Å². The second-order valence-corrected chi connectivity index (χ2v) is 7.96. The molecule has 1 atom stereocenters. The molecule has 3 rings (SSSR count). The monoisotopic (exact) mass is 482 g/mol. The van der Waals surface area contributed by atoms with Crippen LogP contribution >= 0.6 is 0 Å². The quantitative estimate of drug-likeness (QED) is 0.360. The van der Waals surface area contributed by atoms with Crippen LogP contribution in [-0.4, -0.2) is 54.8 Å². The van der Waals surface area contributed by atoms with Crippen molar-refractivity contribution in [2.75, 3.05) is 19.7 Å². The number of aliphatic carboxylic acids is 1. The van der Waals surface area contributed by atoms with Gasteiger partial charge in [-0.3, -0.25) is 15.1 Å². The second-order valence-electron chi connectivity index (χ2n) is 7.96. The molecule has 10 heteroatoms. The van der Waals surface area contributed by atoms with Gasteiger partial charge in [-0.15, -0.1) is 0 Å². The van der Waals surface area contributed by atoms with Crippen LogP contribution in [0.15, 0.2) is 59.6 Å². The molecule has 10 nitrogen and oxygen atoms in total. The minimum Gasteiger partial charge on any atom is -0.494 e. The highest BCUT2D eigenvalue weighted by molar-refractivity contribution is 5.97. The number of carbonyl (C=O) groups is 3. The first-order valence-electron chi connectivity index (χ1n) is 11.5. The van der Waals surface area contributed by atoms with Gasteiger partial charge in [0.1, 0.15) is 18.4 Å². The van der Waals surface area contributed by atoms with Crippen molar-refractivity contribution in [1.82, 2.24) is 16.0 Å². The van der Waals surface area contributed by atoms with E-state index < -0.39 is 18.1 Å². The van der Waals surface area contributed by atoms with Crippen molar-refractivity contribution in [3.63, 3.8) is 0 Å². The first-order chi connectivity index (χ1) is 17.0. The van der Waals surface area contributed by atoms with Gasteiger partial charge < -0.3 is 25.2 Å². The number of guanidine groups is 1. The average Bonchev–Trinajstić information content (AvgIpc) is 2.87. The number of aliphatic imine (C=N–C) groups is 1. The number of carboxylic acid groups (broad SMARTS) is 1. The van der Waals surface area contributed by atoms with Gasteiger partial charge in [-0.1, -0.05) is 42.5 Å². The Kier molecular flexibility index (Phi) is 9.91. The molecule has 2 aromatic carbocycles. The van der Waals surface area contributed by atoms with E-state index in [1.807, 2.05) is 30.3 Å². The molecule has 0 bridgehead atoms. The van der Waals surface area contributed by atoms with Crippen molar-refractivity contribution >= 4 is 23.9 Å². The maximum absolute atomic E-state index is 12.0. The predicted octanol–water partition coefficient (Wildman–Crippen LogP) is 2.23. The zero-order valence-corrected chi connectivity index (χ0v) is 19.4. The van der Waals surface area contributed by atoms with Crippen LogP contribution in [0.5, 0.6) is 5.75 Å². The van der Waals surface area contributed by atoms with Gasteiger partial charge in [0.05, 0.1) is 6.61 Å². The molecule has 35 heavy (non-hydrogen) atoms. The molecule has 186 valence electrons. The molecule has 0 saturated carbocycles. The van der Waals surface area contributed by atoms with Crippen molar-refractivity contribution < 1.29 is 29.0 Å². The highest BCUT2D eigenvalue weighted by atomic mass is 16.5. The summed E-state index contributed by atoms with van der Waals surface area (Å²) in [5, 5.41) is 17.6. The molecule has 1 heterocycles. The van der Waals surface area contributed by atoms with Gasteiger partial charge in [0.25, 0.3) is 0 Å². The number of alkyl carbamates (subject to hydrolysis) is 1. The lowest BCUT2D eigenvalue weighted by Gasteiger charge is -2.15. The summed E-state index contributed by atoms with van der Waals surface area (Å²) in [5.41, 5.74) is 1.52. The molecule has 0 aliphatic carbocycles. The number of rotatable bonds is 11. The number of hydrogen-bond acceptors (Lipinski definition) is 7. The highest BCUT2D eigenvalue weighted by Gasteiger charge is 2.21. The Bertz CT molecular complexity index is 1010. The molecule has 2 aromatic rings. The molecule has 1 aliphatic heterocycles. The average molecular weight is 483 g/mol. The van der Waals surface area contributed by atoms with Gasteiger partial charge in [-0.2, -0.15) is 0 Å². The summed E-state index contributed by atoms with van der Waals surface area (Å²) >= 11 is 0. The Balaban J connectivity index is 1.37. The summed E-state index contributed by atoms with van der Waals surface area (Å²) in [5.74, 6) is -0.146. The summed E-state index contributed by atoms with van der Waals surface area (Å²) in [6.45, 7) is 1.93. The number of nitrogens with one attached hydrogen (secondary N) is 3. The zero-order valence-electron chi connectivity index (χ0n) is 19.4. The number of carboxylic acids is 1. The smallest absolute Gasteiger partial charge is 0.408 e. The molecule has 0 fully saturated rings. The Labute approximate surface area is 203 Å². The minimum atomic E-state index is -1.16. The van der Waals surface area contributed by atoms with E-state index in [0.717, 1.165) is 18.5 Å². The molecule has 1 aliphatic rings. The highest BCUT2D eigenvalue weighted by Crippen LogP contribution is 2.14. The SMILES string of the molecule is O=C(CCCOc1ccc(C[C@H](NC(=O)OCc2ccccc2)C(=O)O)cc1)NC1=NCCCN1. The van der Waals surface area contributed by atoms with E-state index in [0.29, 0.717) is 43.3 Å². The number of benzene rings is 2. The normalized spacial score (nSPS) is 13.5. The van der Waals surface area contributed by atoms with E-state index in [-0.39, 0.29) is 18.9 Å². The van der Waals surface area contributed by atoms with E-state index in [2.05, 4.69) is 20.9 Å². The van der Waals surface area contributed by atoms with Crippen LogP contribution in [0.3, 0.4) is 0 Å². The number of amides is 2. The molecule has 4 N–H and O–H groups in total. The Hall–Kier alpha value is -4.08. The predicted molar refractivity (Wildman–Crippen MR) is 129 cm³/mol. The van der Waals surface area contributed by atoms with Crippen LogP contribution < -0.4 is 20.7 Å². The third-order valence-electron chi connectivity index (χ3n) is 5.14. The number of carbonyl (C=O) groups excluding carboxylic acids is 2. The van der Waals surface area contributed by atoms with Crippen molar-refractivity contribution in [3.05, 3.63) is 65.7 Å². The second kappa shape index (κ2) is 13.6. The van der Waals surface area contributed by atoms with Gasteiger partial charge in [0.15, 0.2) is 5.96 Å². The summed E-state index contributed by atoms with van der Waals surface area (Å²) < 4.78 is 10.8.